The molecule has 6 amide bonds. The zero-order valence-electron chi connectivity index (χ0n) is 39.4. The van der Waals surface area contributed by atoms with E-state index in [2.05, 4.69) is 36.9 Å². The minimum Gasteiger partial charge on any atom is -0.480 e. The molecule has 20 heteroatoms. The van der Waals surface area contributed by atoms with Crippen molar-refractivity contribution in [2.45, 2.75) is 161 Å². The van der Waals surface area contributed by atoms with E-state index in [4.69, 9.17) is 28.7 Å². The number of carbonyl (C=O) groups excluding carboxylic acids is 6. The molecule has 0 heterocycles. The topological polar surface area (TPSA) is 354 Å². The molecule has 0 bridgehead atoms. The number of benzene rings is 1. The zero-order chi connectivity index (χ0) is 49.1. The summed E-state index contributed by atoms with van der Waals surface area (Å²) in [5.41, 5.74) is 29.3. The Morgan fingerprint density at radius 3 is 1.25 bits per heavy atom. The molecule has 0 unspecified atom stereocenters. The van der Waals surface area contributed by atoms with Crippen molar-refractivity contribution >= 4 is 47.4 Å². The van der Waals surface area contributed by atoms with E-state index in [0.717, 1.165) is 5.56 Å². The molecule has 0 spiro atoms. The maximum Gasteiger partial charge on any atom is 0.326 e. The first-order valence-corrected chi connectivity index (χ1v) is 23.0. The van der Waals surface area contributed by atoms with Crippen molar-refractivity contribution < 1.29 is 38.7 Å². The molecule has 0 aliphatic heterocycles. The lowest BCUT2D eigenvalue weighted by molar-refractivity contribution is -0.142. The van der Waals surface area contributed by atoms with Gasteiger partial charge in [-0.15, -0.1) is 0 Å². The zero-order valence-corrected chi connectivity index (χ0v) is 39.4. The summed E-state index contributed by atoms with van der Waals surface area (Å²) < 4.78 is 0. The van der Waals surface area contributed by atoms with Gasteiger partial charge >= 0.3 is 5.97 Å². The highest BCUT2D eigenvalue weighted by Crippen LogP contribution is 2.14. The van der Waals surface area contributed by atoms with E-state index >= 15 is 0 Å². The third kappa shape index (κ3) is 24.5. The molecule has 368 valence electrons. The highest BCUT2D eigenvalue weighted by atomic mass is 16.4. The highest BCUT2D eigenvalue weighted by molar-refractivity contribution is 5.97. The third-order valence-corrected chi connectivity index (χ3v) is 10.4. The number of nitrogens with one attached hydrogen (secondary N) is 6. The summed E-state index contributed by atoms with van der Waals surface area (Å²) in [6.07, 6.45) is 3.61. The molecule has 0 aliphatic rings. The average molecular weight is 917 g/mol. The van der Waals surface area contributed by atoms with Gasteiger partial charge in [0.1, 0.15) is 36.3 Å². The van der Waals surface area contributed by atoms with Crippen molar-refractivity contribution in [1.29, 1.82) is 0 Å². The highest BCUT2D eigenvalue weighted by Gasteiger charge is 2.34. The minimum atomic E-state index is -1.28. The van der Waals surface area contributed by atoms with E-state index in [1.54, 1.807) is 0 Å². The number of hydrogen-bond acceptors (Lipinski definition) is 11. The van der Waals surface area contributed by atoms with Crippen LogP contribution in [0.25, 0.3) is 0 Å². The van der Waals surface area contributed by atoms with Crippen LogP contribution in [0.3, 0.4) is 0 Å². The third-order valence-electron chi connectivity index (χ3n) is 10.4. The number of carbonyl (C=O) groups is 7. The van der Waals surface area contributed by atoms with E-state index in [9.17, 15) is 38.7 Å². The predicted octanol–water partition coefficient (Wildman–Crippen LogP) is -0.000300. The van der Waals surface area contributed by atoms with Crippen LogP contribution in [0.2, 0.25) is 0 Å². The number of unbranched alkanes of at least 4 members (excludes halogenated alkanes) is 2. The van der Waals surface area contributed by atoms with Gasteiger partial charge in [0, 0.05) is 6.54 Å². The summed E-state index contributed by atoms with van der Waals surface area (Å²) in [5, 5.41) is 26.2. The van der Waals surface area contributed by atoms with Crippen LogP contribution in [-0.4, -0.2) is 114 Å². The first kappa shape index (κ1) is 57.7. The summed E-state index contributed by atoms with van der Waals surface area (Å²) in [4.78, 5) is 98.8. The second kappa shape index (κ2) is 31.5. The van der Waals surface area contributed by atoms with E-state index in [1.807, 2.05) is 71.9 Å². The van der Waals surface area contributed by atoms with Gasteiger partial charge in [0.05, 0.1) is 6.04 Å². The van der Waals surface area contributed by atoms with Crippen LogP contribution in [0.4, 0.5) is 0 Å². The number of guanidine groups is 1. The molecule has 1 rings (SSSR count). The normalized spacial score (nSPS) is 14.5. The van der Waals surface area contributed by atoms with Crippen LogP contribution in [0, 0.1) is 17.8 Å². The van der Waals surface area contributed by atoms with Crippen molar-refractivity contribution in [2.75, 3.05) is 19.6 Å². The molecule has 0 fully saturated rings. The average Bonchev–Trinajstić information content (AvgIpc) is 3.22. The van der Waals surface area contributed by atoms with Gasteiger partial charge < -0.3 is 65.7 Å². The van der Waals surface area contributed by atoms with Crippen molar-refractivity contribution in [3.63, 3.8) is 0 Å². The number of nitrogens with two attached hydrogens (primary N) is 5. The largest absolute Gasteiger partial charge is 0.480 e. The monoisotopic (exact) mass is 917 g/mol. The molecule has 1 aromatic rings. The molecule has 1 aromatic carbocycles. The maximum atomic E-state index is 14.1. The van der Waals surface area contributed by atoms with E-state index in [-0.39, 0.29) is 81.6 Å². The molecule has 7 atom stereocenters. The van der Waals surface area contributed by atoms with E-state index in [0.29, 0.717) is 38.8 Å². The van der Waals surface area contributed by atoms with Gasteiger partial charge in [-0.3, -0.25) is 33.8 Å². The molecule has 0 saturated carbocycles. The number of aliphatic carboxylic acids is 1. The fourth-order valence-electron chi connectivity index (χ4n) is 6.99. The number of nitrogens with zero attached hydrogens (tertiary/aromatic N) is 1. The fourth-order valence-corrected chi connectivity index (χ4v) is 6.99. The SMILES string of the molecule is CC(C)C[C@H](NC(=O)[C@H](CC(C)C)NC(=O)[C@H](CC(C)C)NC(=O)[C@H](CCCCN)NC(=O)[C@H](CCCCN)NC(=O)[C@@H](N)Cc1ccccc1)C(=O)N[C@@H](CCCN=C(N)N)C(=O)O. The number of carboxylic acids is 1. The van der Waals surface area contributed by atoms with Gasteiger partial charge in [0.2, 0.25) is 35.4 Å². The number of hydrogen-bond donors (Lipinski definition) is 12. The van der Waals surface area contributed by atoms with Crippen LogP contribution in [0.1, 0.15) is 118 Å². The first-order valence-electron chi connectivity index (χ1n) is 23.0. The second-order valence-electron chi connectivity index (χ2n) is 17.9. The van der Waals surface area contributed by atoms with Crippen molar-refractivity contribution in [3.05, 3.63) is 35.9 Å². The van der Waals surface area contributed by atoms with Gasteiger partial charge in [-0.1, -0.05) is 71.9 Å². The van der Waals surface area contributed by atoms with E-state index in [1.165, 1.54) is 0 Å². The van der Waals surface area contributed by atoms with Crippen LogP contribution in [0.5, 0.6) is 0 Å². The Bertz CT molecular complexity index is 1660. The van der Waals surface area contributed by atoms with Crippen LogP contribution >= 0.6 is 0 Å². The Balaban J connectivity index is 3.33. The van der Waals surface area contributed by atoms with Crippen LogP contribution in [-0.2, 0) is 40.0 Å². The Morgan fingerprint density at radius 2 is 0.877 bits per heavy atom. The lowest BCUT2D eigenvalue weighted by Gasteiger charge is -2.29. The lowest BCUT2D eigenvalue weighted by Crippen LogP contribution is -2.60. The Labute approximate surface area is 384 Å². The molecule has 65 heavy (non-hydrogen) atoms. The predicted molar refractivity (Wildman–Crippen MR) is 251 cm³/mol. The molecular formula is C45H80N12O8. The molecular weight excluding hydrogens is 837 g/mol. The Morgan fingerprint density at radius 1 is 0.523 bits per heavy atom. The van der Waals surface area contributed by atoms with E-state index < -0.39 is 83.7 Å². The number of rotatable bonds is 33. The Hall–Kier alpha value is -5.34. The van der Waals surface area contributed by atoms with Gasteiger partial charge in [0.25, 0.3) is 0 Å². The smallest absolute Gasteiger partial charge is 0.326 e. The maximum absolute atomic E-state index is 14.1. The van der Waals surface area contributed by atoms with Gasteiger partial charge in [-0.05, 0) is 113 Å². The minimum absolute atomic E-state index is 0.0303. The fraction of sp³-hybridized carbons (Fsp3) is 0.689. The number of aliphatic imine (C=N–C) groups is 1. The summed E-state index contributed by atoms with van der Waals surface area (Å²) in [7, 11) is 0. The summed E-state index contributed by atoms with van der Waals surface area (Å²) in [6.45, 7) is 12.0. The summed E-state index contributed by atoms with van der Waals surface area (Å²) >= 11 is 0. The molecule has 20 nitrogen and oxygen atoms in total. The molecule has 0 saturated heterocycles. The van der Waals surface area contributed by atoms with Gasteiger partial charge in [0.15, 0.2) is 5.96 Å². The molecule has 0 aromatic heterocycles. The first-order chi connectivity index (χ1) is 30.7. The van der Waals surface area contributed by atoms with Crippen LogP contribution < -0.4 is 60.6 Å². The summed E-state index contributed by atoms with van der Waals surface area (Å²) in [5.74, 6) is -5.51. The van der Waals surface area contributed by atoms with Gasteiger partial charge in [-0.2, -0.15) is 0 Å². The van der Waals surface area contributed by atoms with Crippen molar-refractivity contribution in [1.82, 2.24) is 31.9 Å². The second-order valence-corrected chi connectivity index (χ2v) is 17.9. The summed E-state index contributed by atoms with van der Waals surface area (Å²) in [6, 6.07) is 1.45. The quantitative estimate of drug-likeness (QED) is 0.0251. The Kier molecular flexibility index (Phi) is 28.0. The van der Waals surface area contributed by atoms with Crippen molar-refractivity contribution in [2.24, 2.45) is 51.4 Å². The van der Waals surface area contributed by atoms with Crippen molar-refractivity contribution in [3.8, 4) is 0 Å². The number of amides is 6. The van der Waals surface area contributed by atoms with Gasteiger partial charge in [-0.25, -0.2) is 4.79 Å². The number of carboxylic acid groups (broad SMARTS) is 1. The standard InChI is InChI=1S/C45H80N12O8/c1-27(2)23-35(41(61)54-34(44(64)65)19-14-22-51-45(49)50)56-43(63)37(25-29(5)6)57-42(62)36(24-28(3)4)55-40(60)33(18-11-13-21-47)53-39(59)32(17-10-12-20-46)52-38(58)31(48)26-30-15-8-7-9-16-30/h7-9,15-16,27-29,31-37H,10-14,17-26,46-48H2,1-6H3,(H,52,58)(H,53,59)(H,54,61)(H,55,60)(H,56,63)(H,57,62)(H,64,65)(H4,49,50,51)/t31-,32-,33-,34-,35-,36-,37-/m0/s1. The molecule has 0 aliphatic carbocycles. The molecule has 0 radical (unpaired) electrons. The van der Waals surface area contributed by atoms with Crippen LogP contribution in [0.15, 0.2) is 35.3 Å². The lowest BCUT2D eigenvalue weighted by atomic mass is 9.98. The molecule has 17 N–H and O–H groups in total.